The molecule has 3 atom stereocenters. The molecule has 0 radical (unpaired) electrons. The molecule has 0 spiro atoms. The number of amides is 1. The quantitative estimate of drug-likeness (QED) is 0.479. The summed E-state index contributed by atoms with van der Waals surface area (Å²) in [4.78, 5) is 22.2. The van der Waals surface area contributed by atoms with Crippen LogP contribution in [0.5, 0.6) is 0 Å². The molecule has 2 saturated heterocycles. The SMILES string of the molecule is CC(OC1(N)C=NC=C(c2ccc(C(=O)N3CCC[C@H]3CN3CCCC3)cc2)N1)c1c(Cl)cccc1Cl. The van der Waals surface area contributed by atoms with Crippen molar-refractivity contribution in [1.82, 2.24) is 15.1 Å². The first-order chi connectivity index (χ1) is 17.8. The summed E-state index contributed by atoms with van der Waals surface area (Å²) in [6.45, 7) is 5.93. The van der Waals surface area contributed by atoms with Gasteiger partial charge in [-0.1, -0.05) is 41.4 Å². The van der Waals surface area contributed by atoms with Gasteiger partial charge in [0.25, 0.3) is 5.91 Å². The number of hydrogen-bond acceptors (Lipinski definition) is 6. The van der Waals surface area contributed by atoms with Gasteiger partial charge in [-0.05, 0) is 75.5 Å². The molecule has 2 aromatic rings. The first-order valence-electron chi connectivity index (χ1n) is 12.9. The van der Waals surface area contributed by atoms with Crippen LogP contribution < -0.4 is 11.1 Å². The molecule has 3 N–H and O–H groups in total. The van der Waals surface area contributed by atoms with Crippen LogP contribution in [0.25, 0.3) is 5.70 Å². The number of carbonyl (C=O) groups excluding carboxylic acids is 1. The number of likely N-dealkylation sites (tertiary alicyclic amines) is 2. The van der Waals surface area contributed by atoms with Crippen LogP contribution in [0.4, 0.5) is 0 Å². The second-order valence-corrected chi connectivity index (χ2v) is 10.8. The molecule has 0 saturated carbocycles. The van der Waals surface area contributed by atoms with Crippen LogP contribution in [-0.4, -0.2) is 60.0 Å². The van der Waals surface area contributed by atoms with Crippen molar-refractivity contribution in [3.8, 4) is 0 Å². The average Bonchev–Trinajstić information content (AvgIpc) is 3.56. The Hall–Kier alpha value is -2.42. The van der Waals surface area contributed by atoms with Gasteiger partial charge in [0.2, 0.25) is 5.85 Å². The van der Waals surface area contributed by atoms with Gasteiger partial charge in [-0.2, -0.15) is 0 Å². The minimum absolute atomic E-state index is 0.0961. The van der Waals surface area contributed by atoms with E-state index in [4.69, 9.17) is 33.7 Å². The van der Waals surface area contributed by atoms with Gasteiger partial charge in [-0.15, -0.1) is 0 Å². The molecular weight excluding hydrogens is 509 g/mol. The zero-order valence-electron chi connectivity index (χ0n) is 21.0. The number of ether oxygens (including phenoxy) is 1. The third-order valence-corrected chi connectivity index (χ3v) is 7.99. The van der Waals surface area contributed by atoms with E-state index in [0.29, 0.717) is 32.9 Å². The maximum Gasteiger partial charge on any atom is 0.254 e. The maximum atomic E-state index is 13.3. The van der Waals surface area contributed by atoms with E-state index in [-0.39, 0.29) is 5.91 Å². The normalized spacial score (nSPS) is 24.7. The summed E-state index contributed by atoms with van der Waals surface area (Å²) in [6, 6.07) is 13.2. The third kappa shape index (κ3) is 5.86. The fourth-order valence-corrected chi connectivity index (χ4v) is 6.17. The Morgan fingerprint density at radius 2 is 1.84 bits per heavy atom. The van der Waals surface area contributed by atoms with Gasteiger partial charge in [0, 0.05) is 40.3 Å². The van der Waals surface area contributed by atoms with E-state index in [9.17, 15) is 4.79 Å². The minimum Gasteiger partial charge on any atom is -0.339 e. The molecular formula is C28H33Cl2N5O2. The van der Waals surface area contributed by atoms with Crippen LogP contribution >= 0.6 is 23.2 Å². The monoisotopic (exact) mass is 541 g/mol. The lowest BCUT2D eigenvalue weighted by Gasteiger charge is -2.34. The molecule has 1 amide bonds. The lowest BCUT2D eigenvalue weighted by molar-refractivity contribution is -0.0483. The highest BCUT2D eigenvalue weighted by molar-refractivity contribution is 6.36. The number of halogens is 2. The summed E-state index contributed by atoms with van der Waals surface area (Å²) < 4.78 is 6.12. The average molecular weight is 543 g/mol. The first-order valence-corrected chi connectivity index (χ1v) is 13.7. The molecule has 37 heavy (non-hydrogen) atoms. The standard InChI is InChI=1S/C28H33Cl2N5O2/c1-19(26-23(29)7-4-8-24(26)30)37-28(31)18-32-16-25(33-28)20-9-11-21(12-10-20)27(36)35-15-5-6-22(35)17-34-13-2-3-14-34/h4,7-12,16,18-19,22,33H,2-3,5-6,13-15,17,31H2,1H3/t19?,22-,28?/m0/s1. The van der Waals surface area contributed by atoms with Crippen LogP contribution in [0.1, 0.15) is 60.2 Å². The Kier molecular flexibility index (Phi) is 7.88. The van der Waals surface area contributed by atoms with Crippen LogP contribution in [0.15, 0.2) is 53.7 Å². The van der Waals surface area contributed by atoms with Crippen molar-refractivity contribution in [2.45, 2.75) is 50.6 Å². The second-order valence-electron chi connectivity index (χ2n) is 10.0. The second kappa shape index (κ2) is 11.1. The number of hydrogen-bond donors (Lipinski definition) is 2. The van der Waals surface area contributed by atoms with Crippen LogP contribution in [0.2, 0.25) is 10.0 Å². The van der Waals surface area contributed by atoms with E-state index < -0.39 is 12.0 Å². The van der Waals surface area contributed by atoms with Crippen molar-refractivity contribution in [2.24, 2.45) is 10.7 Å². The van der Waals surface area contributed by atoms with Crippen molar-refractivity contribution in [1.29, 1.82) is 0 Å². The largest absolute Gasteiger partial charge is 0.339 e. The highest BCUT2D eigenvalue weighted by Crippen LogP contribution is 2.34. The third-order valence-electron chi connectivity index (χ3n) is 7.33. The Morgan fingerprint density at radius 1 is 1.14 bits per heavy atom. The molecule has 0 bridgehead atoms. The molecule has 3 heterocycles. The molecule has 3 aliphatic rings. The van der Waals surface area contributed by atoms with Crippen molar-refractivity contribution < 1.29 is 9.53 Å². The van der Waals surface area contributed by atoms with Gasteiger partial charge in [-0.25, -0.2) is 0 Å². The maximum absolute atomic E-state index is 13.3. The minimum atomic E-state index is -1.36. The smallest absolute Gasteiger partial charge is 0.254 e. The molecule has 7 nitrogen and oxygen atoms in total. The predicted molar refractivity (Wildman–Crippen MR) is 149 cm³/mol. The van der Waals surface area contributed by atoms with Crippen LogP contribution in [-0.2, 0) is 4.74 Å². The highest BCUT2D eigenvalue weighted by atomic mass is 35.5. The summed E-state index contributed by atoms with van der Waals surface area (Å²) in [7, 11) is 0. The summed E-state index contributed by atoms with van der Waals surface area (Å²) in [6.07, 6.45) is 7.36. The van der Waals surface area contributed by atoms with Gasteiger partial charge < -0.3 is 19.9 Å². The Morgan fingerprint density at radius 3 is 2.54 bits per heavy atom. The number of aliphatic imine (C=N–C) groups is 1. The van der Waals surface area contributed by atoms with Crippen molar-refractivity contribution in [3.05, 3.63) is 75.4 Å². The Bertz CT molecular complexity index is 1180. The lowest BCUT2D eigenvalue weighted by Crippen LogP contribution is -2.57. The van der Waals surface area contributed by atoms with Crippen LogP contribution in [0.3, 0.4) is 0 Å². The van der Waals surface area contributed by atoms with E-state index in [1.54, 1.807) is 24.4 Å². The van der Waals surface area contributed by atoms with Crippen molar-refractivity contribution in [3.63, 3.8) is 0 Å². The van der Waals surface area contributed by atoms with E-state index in [1.807, 2.05) is 31.2 Å². The zero-order valence-corrected chi connectivity index (χ0v) is 22.5. The molecule has 0 aromatic heterocycles. The topological polar surface area (TPSA) is 83.2 Å². The summed E-state index contributed by atoms with van der Waals surface area (Å²) >= 11 is 12.7. The highest BCUT2D eigenvalue weighted by Gasteiger charge is 2.33. The molecule has 9 heteroatoms. The fraction of sp³-hybridized carbons (Fsp3) is 0.429. The van der Waals surface area contributed by atoms with Gasteiger partial charge in [0.1, 0.15) is 0 Å². The molecule has 5 rings (SSSR count). The molecule has 0 aliphatic carbocycles. The van der Waals surface area contributed by atoms with Crippen LogP contribution in [0, 0.1) is 0 Å². The van der Waals surface area contributed by atoms with Gasteiger partial charge in [0.05, 0.1) is 24.2 Å². The number of nitrogens with one attached hydrogen (secondary N) is 1. The van der Waals surface area contributed by atoms with Crippen molar-refractivity contribution in [2.75, 3.05) is 26.2 Å². The Balaban J connectivity index is 1.24. The Labute approximate surface area is 228 Å². The molecule has 2 unspecified atom stereocenters. The van der Waals surface area contributed by atoms with Crippen molar-refractivity contribution >= 4 is 41.0 Å². The van der Waals surface area contributed by atoms with Gasteiger partial charge in [-0.3, -0.25) is 15.5 Å². The number of benzene rings is 2. The predicted octanol–water partition coefficient (Wildman–Crippen LogP) is 5.06. The number of rotatable bonds is 7. The molecule has 3 aliphatic heterocycles. The zero-order chi connectivity index (χ0) is 26.0. The van der Waals surface area contributed by atoms with E-state index in [0.717, 1.165) is 44.6 Å². The number of carbonyl (C=O) groups is 1. The number of nitrogens with zero attached hydrogens (tertiary/aromatic N) is 3. The molecule has 2 aromatic carbocycles. The number of nitrogens with two attached hydrogens (primary N) is 1. The van der Waals surface area contributed by atoms with E-state index in [2.05, 4.69) is 20.1 Å². The molecule has 196 valence electrons. The first kappa shape index (κ1) is 26.2. The summed E-state index contributed by atoms with van der Waals surface area (Å²) in [5.74, 6) is -1.27. The molecule has 2 fully saturated rings. The summed E-state index contributed by atoms with van der Waals surface area (Å²) in [5.41, 5.74) is 9.39. The van der Waals surface area contributed by atoms with E-state index in [1.165, 1.54) is 19.1 Å². The lowest BCUT2D eigenvalue weighted by atomic mass is 10.1. The van der Waals surface area contributed by atoms with Gasteiger partial charge >= 0.3 is 0 Å². The summed E-state index contributed by atoms with van der Waals surface area (Å²) in [5, 5.41) is 4.23. The van der Waals surface area contributed by atoms with Gasteiger partial charge in [0.15, 0.2) is 0 Å². The fourth-order valence-electron chi connectivity index (χ4n) is 5.47. The van der Waals surface area contributed by atoms with E-state index >= 15 is 0 Å².